The van der Waals surface area contributed by atoms with Gasteiger partial charge >= 0.3 is 0 Å². The molecule has 0 aliphatic heterocycles. The lowest BCUT2D eigenvalue weighted by atomic mass is 10.3. The Kier molecular flexibility index (Phi) is 10.1. The van der Waals surface area contributed by atoms with Crippen LogP contribution < -0.4 is 31.8 Å². The van der Waals surface area contributed by atoms with Gasteiger partial charge in [0, 0.05) is 0 Å². The van der Waals surface area contributed by atoms with Crippen LogP contribution in [-0.2, 0) is 40.5 Å². The molecule has 0 bridgehead atoms. The summed E-state index contributed by atoms with van der Waals surface area (Å²) >= 11 is 0. The van der Waals surface area contributed by atoms with Crippen LogP contribution in [0.25, 0.3) is 0 Å². The van der Waals surface area contributed by atoms with Crippen molar-refractivity contribution in [2.24, 2.45) is 0 Å². The molecule has 0 aromatic heterocycles. The lowest BCUT2D eigenvalue weighted by molar-refractivity contribution is 0.481. The molecule has 5 aromatic carbocycles. The van der Waals surface area contributed by atoms with Crippen LogP contribution in [0.15, 0.2) is 141 Å². The molecule has 5 aromatic rings. The highest BCUT2D eigenvalue weighted by Gasteiger charge is 2.27. The molecule has 4 N–H and O–H groups in total. The first-order chi connectivity index (χ1) is 22.3. The quantitative estimate of drug-likeness (QED) is 0.119. The second kappa shape index (κ2) is 13.5. The minimum atomic E-state index is -4.52. The zero-order valence-electron chi connectivity index (χ0n) is 24.1. The van der Waals surface area contributed by atoms with Crippen molar-refractivity contribution in [3.05, 3.63) is 121 Å². The molecule has 0 saturated heterocycles. The normalized spacial score (nSPS) is 12.8. The highest BCUT2D eigenvalue weighted by Crippen LogP contribution is 2.39. The molecule has 0 heterocycles. The van der Waals surface area contributed by atoms with Crippen molar-refractivity contribution in [3.63, 3.8) is 0 Å². The summed E-state index contributed by atoms with van der Waals surface area (Å²) in [5.74, 6) is 0. The summed E-state index contributed by atoms with van der Waals surface area (Å²) in [4.78, 5) is -1.40. The van der Waals surface area contributed by atoms with Crippen molar-refractivity contribution in [3.8, 4) is 0 Å². The molecule has 12 nitrogen and oxygen atoms in total. The average Bonchev–Trinajstić information content (AvgIpc) is 3.01. The number of rotatable bonds is 10. The lowest BCUT2D eigenvalue weighted by Gasteiger charge is -2.27. The van der Waals surface area contributed by atoms with Crippen molar-refractivity contribution in [2.45, 2.75) is 19.6 Å². The molecular weight excluding hydrogens is 743 g/mol. The largest absolute Gasteiger partial charge is 0.294 e. The van der Waals surface area contributed by atoms with E-state index < -0.39 is 56.3 Å². The first-order valence-corrected chi connectivity index (χ1v) is 21.8. The molecule has 0 spiro atoms. The summed E-state index contributed by atoms with van der Waals surface area (Å²) in [6, 6.07) is 29.0. The van der Waals surface area contributed by atoms with Gasteiger partial charge in [-0.15, -0.1) is 0 Å². The van der Waals surface area contributed by atoms with E-state index in [1.807, 2.05) is 12.1 Å². The Bertz CT molecular complexity index is 2090. The summed E-state index contributed by atoms with van der Waals surface area (Å²) in [7, 11) is -21.4. The van der Waals surface area contributed by atoms with Crippen molar-refractivity contribution >= 4 is 88.1 Å². The standard InChI is InChI=1S/C30H24O12P2S4/c31-45(32,33)25-13-5-21(6-14-25)43(22-7-15-26(16-8-22)46(34,35)36)29-3-1-2-4-30(29)44(23-9-17-27(18-10-23)47(37,38)39)24-11-19-28(20-12-24)48(40,41)42/h1-20H,(H,31,32,33)(H,34,35,36)(H,37,38,39)(H,40,41,42). The molecule has 0 aliphatic rings. The second-order valence-electron chi connectivity index (χ2n) is 10.0. The molecule has 18 heteroatoms. The van der Waals surface area contributed by atoms with Gasteiger partial charge in [-0.3, -0.25) is 18.2 Å². The van der Waals surface area contributed by atoms with E-state index in [0.29, 0.717) is 31.8 Å². The Morgan fingerprint density at radius 3 is 0.667 bits per heavy atom. The topological polar surface area (TPSA) is 217 Å². The minimum Gasteiger partial charge on any atom is -0.282 e. The molecule has 0 aliphatic carbocycles. The first-order valence-electron chi connectivity index (χ1n) is 13.3. The zero-order chi connectivity index (χ0) is 35.1. The highest BCUT2D eigenvalue weighted by molar-refractivity contribution is 7.87. The number of benzene rings is 5. The zero-order valence-corrected chi connectivity index (χ0v) is 29.2. The number of hydrogen-bond donors (Lipinski definition) is 4. The molecule has 0 fully saturated rings. The fraction of sp³-hybridized carbons (Fsp3) is 0. The number of hydrogen-bond acceptors (Lipinski definition) is 8. The predicted octanol–water partition coefficient (Wildman–Crippen LogP) is 2.19. The minimum absolute atomic E-state index is 0.351. The fourth-order valence-corrected chi connectivity index (χ4v) is 11.9. The molecule has 48 heavy (non-hydrogen) atoms. The van der Waals surface area contributed by atoms with Crippen LogP contribution >= 0.6 is 15.8 Å². The summed E-state index contributed by atoms with van der Waals surface area (Å²) in [5.41, 5.74) is 0. The van der Waals surface area contributed by atoms with Gasteiger partial charge in [0.05, 0.1) is 19.6 Å². The van der Waals surface area contributed by atoms with Crippen molar-refractivity contribution < 1.29 is 51.9 Å². The monoisotopic (exact) mass is 766 g/mol. The van der Waals surface area contributed by atoms with Crippen LogP contribution in [0.2, 0.25) is 0 Å². The molecule has 0 radical (unpaired) electrons. The van der Waals surface area contributed by atoms with Gasteiger partial charge in [0.25, 0.3) is 40.5 Å². The maximum atomic E-state index is 11.8. The highest BCUT2D eigenvalue weighted by atomic mass is 32.2. The second-order valence-corrected chi connectivity index (χ2v) is 20.1. The summed E-state index contributed by atoms with van der Waals surface area (Å²) in [6.45, 7) is 0. The maximum absolute atomic E-state index is 11.8. The SMILES string of the molecule is O=S(=O)(O)c1ccc(P(c2ccc(S(=O)(=O)O)cc2)c2ccccc2P(c2ccc(S(=O)(=O)O)cc2)c2ccc(S(=O)(=O)O)cc2)cc1. The third-order valence-corrected chi connectivity index (χ3v) is 15.6. The van der Waals surface area contributed by atoms with Crippen molar-refractivity contribution in [1.82, 2.24) is 0 Å². The van der Waals surface area contributed by atoms with Gasteiger partial charge in [0.2, 0.25) is 0 Å². The smallest absolute Gasteiger partial charge is 0.282 e. The average molecular weight is 767 g/mol. The van der Waals surface area contributed by atoms with E-state index in [1.54, 1.807) is 12.1 Å². The van der Waals surface area contributed by atoms with Gasteiger partial charge in [-0.2, -0.15) is 33.7 Å². The van der Waals surface area contributed by atoms with E-state index in [4.69, 9.17) is 0 Å². The van der Waals surface area contributed by atoms with Gasteiger partial charge in [-0.05, 0) is 96.2 Å². The van der Waals surface area contributed by atoms with E-state index in [9.17, 15) is 51.9 Å². The van der Waals surface area contributed by atoms with Gasteiger partial charge < -0.3 is 0 Å². The van der Waals surface area contributed by atoms with Crippen LogP contribution in [-0.4, -0.2) is 51.9 Å². The lowest BCUT2D eigenvalue weighted by Crippen LogP contribution is -2.34. The Balaban J connectivity index is 1.77. The van der Waals surface area contributed by atoms with Crippen LogP contribution in [0.3, 0.4) is 0 Å². The van der Waals surface area contributed by atoms with Crippen molar-refractivity contribution in [2.75, 3.05) is 0 Å². The van der Waals surface area contributed by atoms with Crippen molar-refractivity contribution in [1.29, 1.82) is 0 Å². The van der Waals surface area contributed by atoms with E-state index in [1.165, 1.54) is 97.1 Å². The Morgan fingerprint density at radius 2 is 0.500 bits per heavy atom. The Hall–Kier alpha value is -3.40. The summed E-state index contributed by atoms with van der Waals surface area (Å²) in [6.07, 6.45) is 0. The van der Waals surface area contributed by atoms with E-state index in [-0.39, 0.29) is 19.6 Å². The van der Waals surface area contributed by atoms with Gasteiger partial charge in [0.1, 0.15) is 0 Å². The van der Waals surface area contributed by atoms with Gasteiger partial charge in [0.15, 0.2) is 0 Å². The first kappa shape index (κ1) is 35.9. The summed E-state index contributed by atoms with van der Waals surface area (Å²) in [5, 5.41) is 3.72. The van der Waals surface area contributed by atoms with Crippen LogP contribution in [0.4, 0.5) is 0 Å². The molecule has 0 amide bonds. The Morgan fingerprint density at radius 1 is 0.312 bits per heavy atom. The molecular formula is C30H24O12P2S4. The van der Waals surface area contributed by atoms with Crippen LogP contribution in [0, 0.1) is 0 Å². The van der Waals surface area contributed by atoms with E-state index >= 15 is 0 Å². The van der Waals surface area contributed by atoms with Gasteiger partial charge in [-0.25, -0.2) is 0 Å². The maximum Gasteiger partial charge on any atom is 0.294 e. The van der Waals surface area contributed by atoms with Crippen LogP contribution in [0.1, 0.15) is 0 Å². The van der Waals surface area contributed by atoms with Crippen LogP contribution in [0.5, 0.6) is 0 Å². The predicted molar refractivity (Wildman–Crippen MR) is 183 cm³/mol. The fourth-order valence-electron chi connectivity index (χ4n) is 4.77. The summed E-state index contributed by atoms with van der Waals surface area (Å²) < 4.78 is 133. The van der Waals surface area contributed by atoms with E-state index in [0.717, 1.165) is 0 Å². The molecule has 0 saturated carbocycles. The third kappa shape index (κ3) is 8.07. The molecule has 0 unspecified atom stereocenters. The Labute approximate surface area is 279 Å². The molecule has 5 rings (SSSR count). The third-order valence-electron chi connectivity index (χ3n) is 6.93. The molecule has 0 atom stereocenters. The van der Waals surface area contributed by atoms with Gasteiger partial charge in [-0.1, -0.05) is 72.8 Å². The molecule has 250 valence electrons. The van der Waals surface area contributed by atoms with E-state index in [2.05, 4.69) is 0 Å².